The summed E-state index contributed by atoms with van der Waals surface area (Å²) in [4.78, 5) is 11.2. The van der Waals surface area contributed by atoms with Gasteiger partial charge < -0.3 is 14.4 Å². The molecule has 1 N–H and O–H groups in total. The van der Waals surface area contributed by atoms with E-state index >= 15 is 0 Å². The zero-order valence-corrected chi connectivity index (χ0v) is 14.3. The molecule has 1 aliphatic rings. The third-order valence-corrected chi connectivity index (χ3v) is 4.72. The van der Waals surface area contributed by atoms with Crippen LogP contribution >= 0.6 is 0 Å². The van der Waals surface area contributed by atoms with Crippen molar-refractivity contribution in [1.29, 1.82) is 0 Å². The van der Waals surface area contributed by atoms with Crippen molar-refractivity contribution < 1.29 is 36.8 Å². The van der Waals surface area contributed by atoms with Crippen LogP contribution in [0.1, 0.15) is 51.1 Å². The van der Waals surface area contributed by atoms with E-state index in [1.54, 1.807) is 27.7 Å². The van der Waals surface area contributed by atoms with E-state index in [1.165, 1.54) is 0 Å². The topological polar surface area (TPSA) is 55.8 Å². The van der Waals surface area contributed by atoms with Crippen LogP contribution in [0, 0.1) is 5.82 Å². The molecule has 0 saturated carbocycles. The smallest absolute Gasteiger partial charge is 0.466 e. The summed E-state index contributed by atoms with van der Waals surface area (Å²) >= 11 is 0. The van der Waals surface area contributed by atoms with E-state index < -0.39 is 59.6 Å². The van der Waals surface area contributed by atoms with Gasteiger partial charge in [0, 0.05) is 5.82 Å². The first-order valence-electron chi connectivity index (χ1n) is 7.69. The van der Waals surface area contributed by atoms with Crippen molar-refractivity contribution in [3.05, 3.63) is 35.1 Å². The first kappa shape index (κ1) is 19.7. The molecule has 4 nitrogen and oxygen atoms in total. The molecule has 0 aromatic heterocycles. The molecule has 0 amide bonds. The van der Waals surface area contributed by atoms with Crippen molar-refractivity contribution in [1.82, 2.24) is 0 Å². The van der Waals surface area contributed by atoms with Gasteiger partial charge in [0.2, 0.25) is 0 Å². The molecule has 1 fully saturated rings. The van der Waals surface area contributed by atoms with Crippen molar-refractivity contribution in [2.45, 2.75) is 57.3 Å². The summed E-state index contributed by atoms with van der Waals surface area (Å²) in [5, 5.41) is 9.13. The third-order valence-electron chi connectivity index (χ3n) is 4.72. The predicted molar refractivity (Wildman–Crippen MR) is 82.5 cm³/mol. The molecule has 1 atom stereocenters. The van der Waals surface area contributed by atoms with Crippen LogP contribution < -0.4 is 0 Å². The molecule has 1 saturated heterocycles. The van der Waals surface area contributed by atoms with Crippen LogP contribution in [0.15, 0.2) is 18.2 Å². The number of aliphatic carboxylic acids is 1. The fourth-order valence-electron chi connectivity index (χ4n) is 2.60. The Bertz CT molecular complexity index is 657. The number of rotatable bonds is 4. The number of carboxylic acids is 1. The molecular formula is C16H19BF4O4. The first-order valence-corrected chi connectivity index (χ1v) is 7.69. The van der Waals surface area contributed by atoms with Crippen LogP contribution in [0.3, 0.4) is 0 Å². The van der Waals surface area contributed by atoms with E-state index in [9.17, 15) is 22.4 Å². The average Bonchev–Trinajstić information content (AvgIpc) is 2.64. The molecule has 25 heavy (non-hydrogen) atoms. The Kier molecular flexibility index (Phi) is 4.95. The van der Waals surface area contributed by atoms with Crippen molar-refractivity contribution in [3.63, 3.8) is 0 Å². The molecule has 0 bridgehead atoms. The zero-order valence-electron chi connectivity index (χ0n) is 14.3. The quantitative estimate of drug-likeness (QED) is 0.649. The van der Waals surface area contributed by atoms with Gasteiger partial charge in [-0.25, -0.2) is 4.39 Å². The fraction of sp³-hybridized carbons (Fsp3) is 0.562. The Balaban J connectivity index is 2.48. The Hall–Kier alpha value is -1.61. The standard InChI is InChI=1S/C16H19BF4O4/c1-14(2)15(3,4)25-17(24-14)11(8-13(22)23)10-7-9(16(19,20)21)5-6-12(10)18/h5-7,11H,8H2,1-4H3,(H,22,23). The second kappa shape index (κ2) is 6.28. The van der Waals surface area contributed by atoms with Gasteiger partial charge >= 0.3 is 19.3 Å². The highest BCUT2D eigenvalue weighted by molar-refractivity contribution is 6.48. The van der Waals surface area contributed by atoms with Crippen LogP contribution in [0.25, 0.3) is 0 Å². The number of hydrogen-bond donors (Lipinski definition) is 1. The third kappa shape index (κ3) is 3.98. The van der Waals surface area contributed by atoms with Crippen molar-refractivity contribution >= 4 is 13.1 Å². The summed E-state index contributed by atoms with van der Waals surface area (Å²) in [5.74, 6) is -3.45. The van der Waals surface area contributed by atoms with Crippen LogP contribution in [-0.2, 0) is 20.3 Å². The van der Waals surface area contributed by atoms with Crippen molar-refractivity contribution in [2.24, 2.45) is 0 Å². The predicted octanol–water partition coefficient (Wildman–Crippen LogP) is 4.03. The van der Waals surface area contributed by atoms with Gasteiger partial charge in [0.25, 0.3) is 0 Å². The Morgan fingerprint density at radius 3 is 2.16 bits per heavy atom. The highest BCUT2D eigenvalue weighted by Gasteiger charge is 2.54. The SMILES string of the molecule is CC1(C)OB(C(CC(=O)O)c2cc(C(F)(F)F)ccc2F)OC1(C)C. The summed E-state index contributed by atoms with van der Waals surface area (Å²) in [7, 11) is -1.18. The van der Waals surface area contributed by atoms with Crippen LogP contribution in [0.4, 0.5) is 17.6 Å². The summed E-state index contributed by atoms with van der Waals surface area (Å²) in [5.41, 5.74) is -3.11. The van der Waals surface area contributed by atoms with E-state index in [2.05, 4.69) is 0 Å². The van der Waals surface area contributed by atoms with Crippen molar-refractivity contribution in [3.8, 4) is 0 Å². The minimum atomic E-state index is -4.67. The highest BCUT2D eigenvalue weighted by Crippen LogP contribution is 2.43. The molecule has 1 aromatic rings. The molecular weight excluding hydrogens is 343 g/mol. The van der Waals surface area contributed by atoms with Crippen molar-refractivity contribution in [2.75, 3.05) is 0 Å². The average molecular weight is 362 g/mol. The fourth-order valence-corrected chi connectivity index (χ4v) is 2.60. The lowest BCUT2D eigenvalue weighted by atomic mass is 9.66. The molecule has 1 unspecified atom stereocenters. The molecule has 138 valence electrons. The maximum atomic E-state index is 14.2. The number of carbonyl (C=O) groups is 1. The van der Waals surface area contributed by atoms with Crippen LogP contribution in [-0.4, -0.2) is 29.4 Å². The van der Waals surface area contributed by atoms with Gasteiger partial charge in [0.15, 0.2) is 0 Å². The lowest BCUT2D eigenvalue weighted by Crippen LogP contribution is -2.41. The highest BCUT2D eigenvalue weighted by atomic mass is 19.4. The van der Waals surface area contributed by atoms with Gasteiger partial charge in [-0.2, -0.15) is 13.2 Å². The summed E-state index contributed by atoms with van der Waals surface area (Å²) in [6, 6.07) is 1.91. The van der Waals surface area contributed by atoms with E-state index in [4.69, 9.17) is 14.4 Å². The second-order valence-electron chi connectivity index (χ2n) is 7.06. The lowest BCUT2D eigenvalue weighted by Gasteiger charge is -2.32. The summed E-state index contributed by atoms with van der Waals surface area (Å²) in [6.45, 7) is 6.86. The van der Waals surface area contributed by atoms with Crippen LogP contribution in [0.2, 0.25) is 0 Å². The minimum absolute atomic E-state index is 0.393. The monoisotopic (exact) mass is 362 g/mol. The molecule has 1 aliphatic heterocycles. The minimum Gasteiger partial charge on any atom is -0.481 e. The molecule has 0 spiro atoms. The van der Waals surface area contributed by atoms with E-state index in [0.29, 0.717) is 18.2 Å². The molecule has 0 radical (unpaired) electrons. The van der Waals surface area contributed by atoms with Gasteiger partial charge in [0.05, 0.1) is 23.2 Å². The molecule has 1 heterocycles. The normalized spacial score (nSPS) is 20.6. The second-order valence-corrected chi connectivity index (χ2v) is 7.06. The molecule has 0 aliphatic carbocycles. The number of alkyl halides is 3. The van der Waals surface area contributed by atoms with Crippen LogP contribution in [0.5, 0.6) is 0 Å². The van der Waals surface area contributed by atoms with Gasteiger partial charge in [-0.1, -0.05) is 0 Å². The molecule has 2 rings (SSSR count). The van der Waals surface area contributed by atoms with Gasteiger partial charge in [-0.05, 0) is 51.5 Å². The maximum Gasteiger partial charge on any atom is 0.466 e. The molecule has 9 heteroatoms. The zero-order chi connectivity index (χ0) is 19.2. The Morgan fingerprint density at radius 1 is 1.20 bits per heavy atom. The number of benzene rings is 1. The number of halogens is 4. The van der Waals surface area contributed by atoms with E-state index in [1.807, 2.05) is 0 Å². The largest absolute Gasteiger partial charge is 0.481 e. The van der Waals surface area contributed by atoms with Gasteiger partial charge in [-0.3, -0.25) is 4.79 Å². The maximum absolute atomic E-state index is 14.2. The van der Waals surface area contributed by atoms with E-state index in [-0.39, 0.29) is 0 Å². The lowest BCUT2D eigenvalue weighted by molar-refractivity contribution is -0.138. The number of carboxylic acid groups (broad SMARTS) is 1. The Morgan fingerprint density at radius 2 is 1.72 bits per heavy atom. The number of hydrogen-bond acceptors (Lipinski definition) is 3. The van der Waals surface area contributed by atoms with Gasteiger partial charge in [0.1, 0.15) is 5.82 Å². The first-order chi connectivity index (χ1) is 11.2. The molecule has 1 aromatic carbocycles. The Labute approximate surface area is 143 Å². The summed E-state index contributed by atoms with van der Waals surface area (Å²) < 4.78 is 64.5. The van der Waals surface area contributed by atoms with E-state index in [0.717, 1.165) is 0 Å². The summed E-state index contributed by atoms with van der Waals surface area (Å²) in [6.07, 6.45) is -5.30. The van der Waals surface area contributed by atoms with Gasteiger partial charge in [-0.15, -0.1) is 0 Å².